The zero-order valence-electron chi connectivity index (χ0n) is 17.6. The number of carbonyl (C=O) groups excluding carboxylic acids is 1. The van der Waals surface area contributed by atoms with Gasteiger partial charge in [-0.2, -0.15) is 0 Å². The van der Waals surface area contributed by atoms with Crippen LogP contribution in [-0.4, -0.2) is 44.4 Å². The van der Waals surface area contributed by atoms with Gasteiger partial charge in [-0.15, -0.1) is 0 Å². The topological polar surface area (TPSA) is 63.6 Å². The van der Waals surface area contributed by atoms with E-state index in [1.54, 1.807) is 0 Å². The second-order valence-corrected chi connectivity index (χ2v) is 13.1. The average Bonchev–Trinajstić information content (AvgIpc) is 2.86. The predicted molar refractivity (Wildman–Crippen MR) is 129 cm³/mol. The second kappa shape index (κ2) is 11.9. The molecular weight excluding hydrogens is 510 g/mol. The van der Waals surface area contributed by atoms with E-state index in [2.05, 4.69) is 95.7 Å². The Morgan fingerprint density at radius 3 is 1.25 bits per heavy atom. The fourth-order valence-electron chi connectivity index (χ4n) is 3.05. The van der Waals surface area contributed by atoms with Gasteiger partial charge in [-0.1, -0.05) is 0 Å². The molecule has 0 spiro atoms. The first kappa shape index (κ1) is 23.3. The van der Waals surface area contributed by atoms with Crippen molar-refractivity contribution in [3.05, 3.63) is 126 Å². The molecule has 0 saturated heterocycles. The van der Waals surface area contributed by atoms with Gasteiger partial charge in [0.1, 0.15) is 0 Å². The van der Waals surface area contributed by atoms with E-state index < -0.39 is 32.1 Å². The molecule has 4 nitrogen and oxygen atoms in total. The maximum atomic E-state index is 10.9. The number of rotatable bonds is 5. The summed E-state index contributed by atoms with van der Waals surface area (Å²) in [6.07, 6.45) is 0. The normalized spacial score (nSPS) is 10.1. The van der Waals surface area contributed by atoms with Crippen LogP contribution in [0.25, 0.3) is 0 Å². The molecule has 0 aliphatic rings. The van der Waals surface area contributed by atoms with Gasteiger partial charge in [0.05, 0.1) is 18.2 Å². The van der Waals surface area contributed by atoms with Crippen LogP contribution in [0.1, 0.15) is 20.7 Å². The zero-order chi connectivity index (χ0) is 22.8. The number of carboxylic acids is 1. The van der Waals surface area contributed by atoms with Crippen molar-refractivity contribution < 1.29 is 19.4 Å². The van der Waals surface area contributed by atoms with Gasteiger partial charge < -0.3 is 9.84 Å². The van der Waals surface area contributed by atoms with Crippen LogP contribution in [0.4, 0.5) is 0 Å². The predicted octanol–water partition coefficient (Wildman–Crippen LogP) is 3.37. The molecule has 0 heterocycles. The zero-order valence-corrected chi connectivity index (χ0v) is 20.1. The van der Waals surface area contributed by atoms with Gasteiger partial charge in [0, 0.05) is 0 Å². The number of ether oxygens (including phenoxy) is 1. The summed E-state index contributed by atoms with van der Waals surface area (Å²) in [5.74, 6) is -1.49. The summed E-state index contributed by atoms with van der Waals surface area (Å²) in [6, 6.07) is 38.4. The quantitative estimate of drug-likeness (QED) is 0.316. The summed E-state index contributed by atoms with van der Waals surface area (Å²) >= 11 is -1.83. The fourth-order valence-corrected chi connectivity index (χ4v) is 9.62. The van der Waals surface area contributed by atoms with Gasteiger partial charge in [-0.25, -0.2) is 9.59 Å². The van der Waals surface area contributed by atoms with Crippen molar-refractivity contribution in [2.45, 2.75) is 0 Å². The number of carboxylic acid groups (broad SMARTS) is 1. The standard InChI is InChI=1S/C9H8O4.3C6H5.Sb/c1-13-9(12)7-4-2-6(3-5-7)8(10)11;3*1-2-4-6-5-3-1;/h2-5H,1H3,(H,10,11);3*1-5H;. The molecular formula is C27H23O4Sb. The SMILES string of the molecule is COC(=O)c1ccc(C(=O)O)cc1.c1cc[c]([Sb]([c]2ccccc2)[c]2ccccc2)cc1. The Hall–Kier alpha value is -3.36. The van der Waals surface area contributed by atoms with Gasteiger partial charge in [0.2, 0.25) is 0 Å². The molecule has 0 amide bonds. The van der Waals surface area contributed by atoms with E-state index >= 15 is 0 Å². The molecule has 0 aliphatic heterocycles. The molecule has 4 aromatic carbocycles. The molecule has 4 aromatic rings. The minimum atomic E-state index is -1.83. The molecule has 0 atom stereocenters. The van der Waals surface area contributed by atoms with Crippen molar-refractivity contribution in [1.29, 1.82) is 0 Å². The fraction of sp³-hybridized carbons (Fsp3) is 0.0370. The van der Waals surface area contributed by atoms with Gasteiger partial charge >= 0.3 is 134 Å². The van der Waals surface area contributed by atoms with Crippen molar-refractivity contribution in [1.82, 2.24) is 0 Å². The Morgan fingerprint density at radius 1 is 0.594 bits per heavy atom. The summed E-state index contributed by atoms with van der Waals surface area (Å²) in [5.41, 5.74) is 0.486. The van der Waals surface area contributed by atoms with E-state index in [1.807, 2.05) is 0 Å². The second-order valence-electron chi connectivity index (χ2n) is 6.72. The molecule has 5 heteroatoms. The summed E-state index contributed by atoms with van der Waals surface area (Å²) in [5, 5.41) is 8.56. The third kappa shape index (κ3) is 6.32. The number of esters is 1. The Morgan fingerprint density at radius 2 is 0.938 bits per heavy atom. The Balaban J connectivity index is 0.000000195. The maximum absolute atomic E-state index is 10.9. The van der Waals surface area contributed by atoms with Crippen LogP contribution in [0.15, 0.2) is 115 Å². The number of aromatic carboxylic acids is 1. The van der Waals surface area contributed by atoms with Crippen LogP contribution >= 0.6 is 0 Å². The first-order valence-corrected chi connectivity index (χ1v) is 13.8. The minimum absolute atomic E-state index is 0.146. The van der Waals surface area contributed by atoms with Crippen LogP contribution < -0.4 is 10.5 Å². The van der Waals surface area contributed by atoms with Gasteiger partial charge in [-0.3, -0.25) is 0 Å². The molecule has 0 aliphatic carbocycles. The molecule has 0 bridgehead atoms. The summed E-state index contributed by atoms with van der Waals surface area (Å²) < 4.78 is 9.00. The van der Waals surface area contributed by atoms with Crippen LogP contribution in [0.3, 0.4) is 0 Å². The molecule has 0 unspecified atom stereocenters. The van der Waals surface area contributed by atoms with E-state index in [-0.39, 0.29) is 5.56 Å². The van der Waals surface area contributed by atoms with E-state index in [0.29, 0.717) is 5.56 Å². The van der Waals surface area contributed by atoms with E-state index in [4.69, 9.17) is 5.11 Å². The summed E-state index contributed by atoms with van der Waals surface area (Å²) in [7, 11) is 1.27. The monoisotopic (exact) mass is 532 g/mol. The van der Waals surface area contributed by atoms with E-state index in [9.17, 15) is 9.59 Å². The van der Waals surface area contributed by atoms with Crippen LogP contribution in [-0.2, 0) is 4.74 Å². The van der Waals surface area contributed by atoms with E-state index in [0.717, 1.165) is 0 Å². The molecule has 0 fully saturated rings. The Kier molecular flexibility index (Phi) is 8.65. The molecule has 0 aromatic heterocycles. The van der Waals surface area contributed by atoms with E-state index in [1.165, 1.54) is 41.9 Å². The van der Waals surface area contributed by atoms with Gasteiger partial charge in [0.15, 0.2) is 0 Å². The number of benzene rings is 4. The average molecular weight is 533 g/mol. The molecule has 1 N–H and O–H groups in total. The molecule has 4 rings (SSSR count). The first-order chi connectivity index (χ1) is 15.6. The van der Waals surface area contributed by atoms with Crippen LogP contribution in [0.2, 0.25) is 0 Å². The number of hydrogen-bond acceptors (Lipinski definition) is 3. The number of carbonyl (C=O) groups is 2. The van der Waals surface area contributed by atoms with Crippen LogP contribution in [0, 0.1) is 0 Å². The van der Waals surface area contributed by atoms with Gasteiger partial charge in [0.25, 0.3) is 0 Å². The van der Waals surface area contributed by atoms with Crippen molar-refractivity contribution >= 4 is 42.7 Å². The molecule has 0 saturated carbocycles. The van der Waals surface area contributed by atoms with Crippen molar-refractivity contribution in [3.8, 4) is 0 Å². The molecule has 160 valence electrons. The Labute approximate surface area is 195 Å². The number of hydrogen-bond donors (Lipinski definition) is 1. The first-order valence-electron chi connectivity index (χ1n) is 9.97. The van der Waals surface area contributed by atoms with Gasteiger partial charge in [-0.05, 0) is 24.3 Å². The number of methoxy groups -OCH3 is 1. The van der Waals surface area contributed by atoms with Crippen molar-refractivity contribution in [2.75, 3.05) is 7.11 Å². The summed E-state index contributed by atoms with van der Waals surface area (Å²) in [6.45, 7) is 0. The third-order valence-corrected chi connectivity index (χ3v) is 11.6. The third-order valence-electron chi connectivity index (χ3n) is 4.60. The Bertz CT molecular complexity index is 1030. The van der Waals surface area contributed by atoms with Crippen molar-refractivity contribution in [2.24, 2.45) is 0 Å². The summed E-state index contributed by atoms with van der Waals surface area (Å²) in [4.78, 5) is 21.4. The molecule has 0 radical (unpaired) electrons. The van der Waals surface area contributed by atoms with Crippen LogP contribution in [0.5, 0.6) is 0 Å². The van der Waals surface area contributed by atoms with Crippen molar-refractivity contribution in [3.63, 3.8) is 0 Å². The molecule has 32 heavy (non-hydrogen) atoms.